The fourth-order valence-electron chi connectivity index (χ4n) is 3.22. The number of hydrogen-bond donors (Lipinski definition) is 3. The van der Waals surface area contributed by atoms with E-state index < -0.39 is 16.4 Å². The Labute approximate surface area is 181 Å². The number of rotatable bonds is 6. The Balaban J connectivity index is 1.52. The third kappa shape index (κ3) is 5.01. The molecule has 32 heavy (non-hydrogen) atoms. The van der Waals surface area contributed by atoms with Crippen LogP contribution in [0.5, 0.6) is 5.75 Å². The predicted octanol–water partition coefficient (Wildman–Crippen LogP) is 4.39. The molecule has 0 saturated heterocycles. The highest BCUT2D eigenvalue weighted by molar-refractivity contribution is 7.89. The van der Waals surface area contributed by atoms with Crippen molar-refractivity contribution in [3.05, 3.63) is 72.6 Å². The summed E-state index contributed by atoms with van der Waals surface area (Å²) in [6.07, 6.45) is -4.74. The smallest absolute Gasteiger partial charge is 0.406 e. The van der Waals surface area contributed by atoms with Gasteiger partial charge in [-0.2, -0.15) is 0 Å². The molecule has 0 bridgehead atoms. The first kappa shape index (κ1) is 21.7. The first-order valence-electron chi connectivity index (χ1n) is 9.29. The number of ether oxygens (including phenoxy) is 1. The summed E-state index contributed by atoms with van der Waals surface area (Å²) in [6, 6.07) is 17.1. The summed E-state index contributed by atoms with van der Waals surface area (Å²) in [5.41, 5.74) is 3.07. The summed E-state index contributed by atoms with van der Waals surface area (Å²) in [7, 11) is -3.89. The second-order valence-corrected chi connectivity index (χ2v) is 8.41. The second-order valence-electron chi connectivity index (χ2n) is 6.88. The van der Waals surface area contributed by atoms with Gasteiger partial charge in [0.25, 0.3) is 0 Å². The highest BCUT2D eigenvalue weighted by Crippen LogP contribution is 2.29. The molecule has 0 spiro atoms. The third-order valence-corrected chi connectivity index (χ3v) is 5.55. The Morgan fingerprint density at radius 2 is 1.75 bits per heavy atom. The minimum atomic E-state index is -4.74. The second kappa shape index (κ2) is 8.17. The number of anilines is 1. The Hall–Kier alpha value is -3.57. The molecule has 4 rings (SSSR count). The van der Waals surface area contributed by atoms with Gasteiger partial charge in [0.1, 0.15) is 11.6 Å². The number of halogens is 3. The zero-order valence-electron chi connectivity index (χ0n) is 16.3. The molecule has 7 nitrogen and oxygen atoms in total. The van der Waals surface area contributed by atoms with Gasteiger partial charge in [0.05, 0.1) is 22.5 Å². The number of aromatic nitrogens is 2. The van der Waals surface area contributed by atoms with Crippen molar-refractivity contribution in [1.82, 2.24) is 9.97 Å². The quantitative estimate of drug-likeness (QED) is 0.394. The van der Waals surface area contributed by atoms with Gasteiger partial charge in [-0.1, -0.05) is 24.3 Å². The van der Waals surface area contributed by atoms with Crippen molar-refractivity contribution in [3.63, 3.8) is 0 Å². The maximum atomic E-state index is 12.2. The van der Waals surface area contributed by atoms with Gasteiger partial charge in [-0.15, -0.1) is 13.2 Å². The van der Waals surface area contributed by atoms with Gasteiger partial charge >= 0.3 is 6.36 Å². The Morgan fingerprint density at radius 3 is 2.44 bits per heavy atom. The number of fused-ring (bicyclic) bond motifs is 1. The normalized spacial score (nSPS) is 12.1. The van der Waals surface area contributed by atoms with E-state index in [1.54, 1.807) is 36.4 Å². The van der Waals surface area contributed by atoms with Crippen LogP contribution in [0.1, 0.15) is 5.82 Å². The number of nitrogens with one attached hydrogen (secondary N) is 2. The van der Waals surface area contributed by atoms with Crippen LogP contribution in [-0.4, -0.2) is 24.7 Å². The molecule has 4 aromatic rings. The lowest BCUT2D eigenvalue weighted by atomic mass is 10.1. The molecule has 0 unspecified atom stereocenters. The summed E-state index contributed by atoms with van der Waals surface area (Å²) < 4.78 is 64.4. The van der Waals surface area contributed by atoms with Crippen LogP contribution in [0.3, 0.4) is 0 Å². The SMILES string of the molecule is NS(=O)(=O)c1ccccc1-c1ccc2[nH]c(CNc3ccc(OC(F)(F)F)cc3)nc2c1. The lowest BCUT2D eigenvalue weighted by Gasteiger charge is -2.09. The maximum Gasteiger partial charge on any atom is 0.573 e. The number of nitrogens with two attached hydrogens (primary N) is 1. The van der Waals surface area contributed by atoms with E-state index in [1.807, 2.05) is 0 Å². The van der Waals surface area contributed by atoms with E-state index >= 15 is 0 Å². The number of imidazole rings is 1. The molecule has 4 N–H and O–H groups in total. The molecule has 3 aromatic carbocycles. The van der Waals surface area contributed by atoms with Gasteiger partial charge in [0.2, 0.25) is 10.0 Å². The molecule has 0 aliphatic heterocycles. The molecule has 1 aromatic heterocycles. The molecule has 0 radical (unpaired) electrons. The van der Waals surface area contributed by atoms with Crippen molar-refractivity contribution in [1.29, 1.82) is 0 Å². The lowest BCUT2D eigenvalue weighted by molar-refractivity contribution is -0.274. The molecule has 0 aliphatic carbocycles. The number of benzene rings is 3. The van der Waals surface area contributed by atoms with E-state index in [-0.39, 0.29) is 17.2 Å². The van der Waals surface area contributed by atoms with Crippen LogP contribution in [-0.2, 0) is 16.6 Å². The van der Waals surface area contributed by atoms with Crippen molar-refractivity contribution in [2.75, 3.05) is 5.32 Å². The van der Waals surface area contributed by atoms with Crippen molar-refractivity contribution < 1.29 is 26.3 Å². The van der Waals surface area contributed by atoms with E-state index in [0.717, 1.165) is 5.52 Å². The number of aromatic amines is 1. The van der Waals surface area contributed by atoms with E-state index in [2.05, 4.69) is 20.0 Å². The number of nitrogens with zero attached hydrogens (tertiary/aromatic N) is 1. The van der Waals surface area contributed by atoms with Gasteiger partial charge in [-0.3, -0.25) is 0 Å². The van der Waals surface area contributed by atoms with E-state index in [9.17, 15) is 21.6 Å². The predicted molar refractivity (Wildman–Crippen MR) is 113 cm³/mol. The average Bonchev–Trinajstić information content (AvgIpc) is 3.14. The van der Waals surface area contributed by atoms with Gasteiger partial charge < -0.3 is 15.0 Å². The van der Waals surface area contributed by atoms with Gasteiger partial charge in [-0.05, 0) is 48.0 Å². The van der Waals surface area contributed by atoms with Crippen LogP contribution >= 0.6 is 0 Å². The summed E-state index contributed by atoms with van der Waals surface area (Å²) in [5, 5.41) is 8.39. The molecule has 11 heteroatoms. The molecule has 1 heterocycles. The topological polar surface area (TPSA) is 110 Å². The van der Waals surface area contributed by atoms with Crippen LogP contribution < -0.4 is 15.2 Å². The average molecular weight is 462 g/mol. The molecule has 0 amide bonds. The third-order valence-electron chi connectivity index (χ3n) is 4.58. The van der Waals surface area contributed by atoms with E-state index in [0.29, 0.717) is 28.2 Å². The van der Waals surface area contributed by atoms with Crippen molar-refractivity contribution in [2.45, 2.75) is 17.8 Å². The monoisotopic (exact) mass is 462 g/mol. The number of H-pyrrole nitrogens is 1. The van der Waals surface area contributed by atoms with Crippen LogP contribution in [0, 0.1) is 0 Å². The van der Waals surface area contributed by atoms with Crippen molar-refractivity contribution in [2.24, 2.45) is 5.14 Å². The largest absolute Gasteiger partial charge is 0.573 e. The van der Waals surface area contributed by atoms with Gasteiger partial charge in [-0.25, -0.2) is 18.5 Å². The summed E-state index contributed by atoms with van der Waals surface area (Å²) in [4.78, 5) is 7.66. The van der Waals surface area contributed by atoms with Crippen LogP contribution in [0.25, 0.3) is 22.2 Å². The number of hydrogen-bond acceptors (Lipinski definition) is 5. The van der Waals surface area contributed by atoms with Gasteiger partial charge in [0, 0.05) is 11.3 Å². The summed E-state index contributed by atoms with van der Waals surface area (Å²) in [6.45, 7) is 0.289. The van der Waals surface area contributed by atoms with Gasteiger partial charge in [0.15, 0.2) is 0 Å². The minimum absolute atomic E-state index is 0.0229. The zero-order valence-corrected chi connectivity index (χ0v) is 17.2. The lowest BCUT2D eigenvalue weighted by Crippen LogP contribution is -2.17. The number of sulfonamides is 1. The highest BCUT2D eigenvalue weighted by atomic mass is 32.2. The molecular weight excluding hydrogens is 445 g/mol. The highest BCUT2D eigenvalue weighted by Gasteiger charge is 2.30. The first-order chi connectivity index (χ1) is 15.1. The number of alkyl halides is 3. The van der Waals surface area contributed by atoms with E-state index in [1.165, 1.54) is 30.3 Å². The minimum Gasteiger partial charge on any atom is -0.406 e. The fourth-order valence-corrected chi connectivity index (χ4v) is 3.98. The molecule has 166 valence electrons. The van der Waals surface area contributed by atoms with Crippen LogP contribution in [0.2, 0.25) is 0 Å². The molecule has 0 aliphatic rings. The molecule has 0 saturated carbocycles. The summed E-state index contributed by atoms with van der Waals surface area (Å²) >= 11 is 0. The first-order valence-corrected chi connectivity index (χ1v) is 10.8. The molecule has 0 atom stereocenters. The summed E-state index contributed by atoms with van der Waals surface area (Å²) in [5.74, 6) is 0.284. The molecular formula is C21H17F3N4O3S. The van der Waals surface area contributed by atoms with Crippen molar-refractivity contribution in [3.8, 4) is 16.9 Å². The van der Waals surface area contributed by atoms with Crippen LogP contribution in [0.15, 0.2) is 71.6 Å². The maximum absolute atomic E-state index is 12.2. The Bertz CT molecular complexity index is 1370. The zero-order chi connectivity index (χ0) is 22.9. The molecule has 0 fully saturated rings. The van der Waals surface area contributed by atoms with E-state index in [4.69, 9.17) is 5.14 Å². The Morgan fingerprint density at radius 1 is 1.03 bits per heavy atom. The van der Waals surface area contributed by atoms with Crippen molar-refractivity contribution >= 4 is 26.7 Å². The fraction of sp³-hybridized carbons (Fsp3) is 0.0952. The van der Waals surface area contributed by atoms with Crippen LogP contribution in [0.4, 0.5) is 18.9 Å². The Kier molecular flexibility index (Phi) is 5.53. The number of primary sulfonamides is 1. The standard InChI is InChI=1S/C21H17F3N4O3S/c22-21(23,24)31-15-8-6-14(7-9-15)26-12-20-27-17-10-5-13(11-18(17)28-20)16-3-1-2-4-19(16)32(25,29)30/h1-11,26H,12H2,(H,27,28)(H2,25,29,30).